The molecule has 0 heterocycles. The topological polar surface area (TPSA) is 69.2 Å². The molecule has 0 aliphatic heterocycles. The number of hydrogen-bond acceptors (Lipinski definition) is 3. The molecule has 0 radical (unpaired) electrons. The third-order valence-electron chi connectivity index (χ3n) is 2.19. The van der Waals surface area contributed by atoms with Crippen molar-refractivity contribution in [3.63, 3.8) is 0 Å². The fraction of sp³-hybridized carbons (Fsp3) is 0.400. The van der Waals surface area contributed by atoms with Crippen LogP contribution in [0.4, 0.5) is 5.69 Å². The van der Waals surface area contributed by atoms with E-state index in [2.05, 4.69) is 0 Å². The Bertz CT molecular complexity index is 368. The Hall–Kier alpha value is -1.13. The van der Waals surface area contributed by atoms with Gasteiger partial charge in [-0.25, -0.2) is 0 Å². The van der Waals surface area contributed by atoms with Gasteiger partial charge < -0.3 is 5.73 Å². The maximum atomic E-state index is 10.6. The molecule has 0 saturated carbocycles. The maximum Gasteiger partial charge on any atom is 0.269 e. The van der Waals surface area contributed by atoms with E-state index in [1.807, 2.05) is 6.92 Å². The van der Waals surface area contributed by atoms with E-state index in [0.29, 0.717) is 10.6 Å². The van der Waals surface area contributed by atoms with Gasteiger partial charge in [-0.15, -0.1) is 0 Å². The van der Waals surface area contributed by atoms with E-state index in [1.165, 1.54) is 18.2 Å². The number of non-ortho nitro benzene ring substituents is 1. The van der Waals surface area contributed by atoms with E-state index in [1.54, 1.807) is 0 Å². The lowest BCUT2D eigenvalue weighted by atomic mass is 10.0. The van der Waals surface area contributed by atoms with Crippen molar-refractivity contribution in [2.24, 2.45) is 5.73 Å². The first-order chi connectivity index (χ1) is 7.06. The van der Waals surface area contributed by atoms with Crippen molar-refractivity contribution in [2.45, 2.75) is 25.8 Å². The van der Waals surface area contributed by atoms with Gasteiger partial charge in [0.05, 0.1) is 4.92 Å². The van der Waals surface area contributed by atoms with Crippen LogP contribution in [0, 0.1) is 10.1 Å². The predicted octanol–water partition coefficient (Wildman–Crippen LogP) is 3.05. The van der Waals surface area contributed by atoms with Crippen molar-refractivity contribution in [3.8, 4) is 0 Å². The average molecular weight is 229 g/mol. The molecule has 5 heteroatoms. The number of nitrogens with zero attached hydrogens (tertiary/aromatic N) is 1. The standard InChI is InChI=1S/C10H13ClN2O2/c1-2-3-10(12)8-6-7(13(14)15)4-5-9(8)11/h4-6,10H,2-3,12H2,1H3/t10-/m0/s1. The molecule has 0 spiro atoms. The Balaban J connectivity index is 3.04. The number of hydrogen-bond donors (Lipinski definition) is 1. The summed E-state index contributed by atoms with van der Waals surface area (Å²) in [6.45, 7) is 2.01. The van der Waals surface area contributed by atoms with Crippen molar-refractivity contribution < 1.29 is 4.92 Å². The first-order valence-corrected chi connectivity index (χ1v) is 5.13. The molecule has 0 amide bonds. The number of nitro groups is 1. The van der Waals surface area contributed by atoms with Crippen LogP contribution in [0.15, 0.2) is 18.2 Å². The molecule has 0 unspecified atom stereocenters. The molecule has 0 bridgehead atoms. The van der Waals surface area contributed by atoms with Crippen molar-refractivity contribution in [3.05, 3.63) is 38.9 Å². The molecular formula is C10H13ClN2O2. The van der Waals surface area contributed by atoms with Crippen LogP contribution in [0.25, 0.3) is 0 Å². The quantitative estimate of drug-likeness (QED) is 0.636. The molecule has 82 valence electrons. The van der Waals surface area contributed by atoms with Crippen LogP contribution >= 0.6 is 11.6 Å². The zero-order chi connectivity index (χ0) is 11.4. The Morgan fingerprint density at radius 3 is 2.80 bits per heavy atom. The number of rotatable bonds is 4. The zero-order valence-corrected chi connectivity index (χ0v) is 9.20. The lowest BCUT2D eigenvalue weighted by molar-refractivity contribution is -0.384. The van der Waals surface area contributed by atoms with E-state index < -0.39 is 4.92 Å². The second kappa shape index (κ2) is 5.09. The summed E-state index contributed by atoms with van der Waals surface area (Å²) in [6.07, 6.45) is 1.68. The van der Waals surface area contributed by atoms with E-state index in [4.69, 9.17) is 17.3 Å². The lowest BCUT2D eigenvalue weighted by Crippen LogP contribution is -2.10. The van der Waals surface area contributed by atoms with Crippen LogP contribution in [0.1, 0.15) is 31.4 Å². The van der Waals surface area contributed by atoms with Crippen LogP contribution in [-0.2, 0) is 0 Å². The first kappa shape index (κ1) is 11.9. The summed E-state index contributed by atoms with van der Waals surface area (Å²) in [7, 11) is 0. The van der Waals surface area contributed by atoms with Crippen molar-refractivity contribution in [1.29, 1.82) is 0 Å². The molecule has 2 N–H and O–H groups in total. The van der Waals surface area contributed by atoms with Gasteiger partial charge in [0.25, 0.3) is 5.69 Å². The third kappa shape index (κ3) is 2.91. The highest BCUT2D eigenvalue weighted by Crippen LogP contribution is 2.28. The molecule has 1 atom stereocenters. The molecule has 0 saturated heterocycles. The molecule has 15 heavy (non-hydrogen) atoms. The predicted molar refractivity (Wildman–Crippen MR) is 59.9 cm³/mol. The summed E-state index contributed by atoms with van der Waals surface area (Å²) >= 11 is 5.93. The molecule has 0 aliphatic carbocycles. The molecule has 0 fully saturated rings. The van der Waals surface area contributed by atoms with Gasteiger partial charge in [-0.05, 0) is 18.1 Å². The number of benzene rings is 1. The van der Waals surface area contributed by atoms with E-state index in [0.717, 1.165) is 12.8 Å². The molecule has 1 aromatic carbocycles. The Morgan fingerprint density at radius 2 is 2.27 bits per heavy atom. The molecule has 4 nitrogen and oxygen atoms in total. The largest absolute Gasteiger partial charge is 0.324 e. The molecule has 1 rings (SSSR count). The smallest absolute Gasteiger partial charge is 0.269 e. The maximum absolute atomic E-state index is 10.6. The number of nitro benzene ring substituents is 1. The van der Waals surface area contributed by atoms with Crippen LogP contribution < -0.4 is 5.73 Å². The number of nitrogens with two attached hydrogens (primary N) is 1. The second-order valence-corrected chi connectivity index (χ2v) is 3.77. The van der Waals surface area contributed by atoms with Gasteiger partial charge in [0.1, 0.15) is 0 Å². The Kier molecular flexibility index (Phi) is 4.05. The van der Waals surface area contributed by atoms with Gasteiger partial charge in [-0.3, -0.25) is 10.1 Å². The van der Waals surface area contributed by atoms with Gasteiger partial charge in [-0.2, -0.15) is 0 Å². The highest BCUT2D eigenvalue weighted by Gasteiger charge is 2.14. The summed E-state index contributed by atoms with van der Waals surface area (Å²) in [5, 5.41) is 11.1. The van der Waals surface area contributed by atoms with Crippen molar-refractivity contribution >= 4 is 17.3 Å². The lowest BCUT2D eigenvalue weighted by Gasteiger charge is -2.11. The van der Waals surface area contributed by atoms with Gasteiger partial charge in [0, 0.05) is 23.2 Å². The van der Waals surface area contributed by atoms with E-state index >= 15 is 0 Å². The molecule has 1 aromatic rings. The van der Waals surface area contributed by atoms with Gasteiger partial charge >= 0.3 is 0 Å². The minimum absolute atomic E-state index is 0.0287. The minimum Gasteiger partial charge on any atom is -0.324 e. The average Bonchev–Trinajstić information content (AvgIpc) is 2.18. The highest BCUT2D eigenvalue weighted by atomic mass is 35.5. The molecule has 0 aromatic heterocycles. The van der Waals surface area contributed by atoms with Crippen LogP contribution in [0.5, 0.6) is 0 Å². The van der Waals surface area contributed by atoms with Crippen molar-refractivity contribution in [2.75, 3.05) is 0 Å². The van der Waals surface area contributed by atoms with Crippen LogP contribution in [0.3, 0.4) is 0 Å². The first-order valence-electron chi connectivity index (χ1n) is 4.75. The SMILES string of the molecule is CCC[C@H](N)c1cc([N+](=O)[O-])ccc1Cl. The van der Waals surface area contributed by atoms with Gasteiger partial charge in [-0.1, -0.05) is 24.9 Å². The summed E-state index contributed by atoms with van der Waals surface area (Å²) in [4.78, 5) is 10.1. The normalized spacial score (nSPS) is 12.5. The fourth-order valence-corrected chi connectivity index (χ4v) is 1.65. The minimum atomic E-state index is -0.446. The fourth-order valence-electron chi connectivity index (χ4n) is 1.40. The van der Waals surface area contributed by atoms with Crippen molar-refractivity contribution in [1.82, 2.24) is 0 Å². The van der Waals surface area contributed by atoms with Gasteiger partial charge in [0.2, 0.25) is 0 Å². The second-order valence-electron chi connectivity index (χ2n) is 3.36. The Labute approximate surface area is 93.2 Å². The summed E-state index contributed by atoms with van der Waals surface area (Å²) in [5.41, 5.74) is 6.54. The van der Waals surface area contributed by atoms with E-state index in [9.17, 15) is 10.1 Å². The monoisotopic (exact) mass is 228 g/mol. The summed E-state index contributed by atoms with van der Waals surface area (Å²) < 4.78 is 0. The summed E-state index contributed by atoms with van der Waals surface area (Å²) in [5.74, 6) is 0. The number of halogens is 1. The van der Waals surface area contributed by atoms with Crippen LogP contribution in [-0.4, -0.2) is 4.92 Å². The Morgan fingerprint density at radius 1 is 1.60 bits per heavy atom. The van der Waals surface area contributed by atoms with E-state index in [-0.39, 0.29) is 11.7 Å². The summed E-state index contributed by atoms with van der Waals surface area (Å²) in [6, 6.07) is 4.11. The van der Waals surface area contributed by atoms with Gasteiger partial charge in [0.15, 0.2) is 0 Å². The van der Waals surface area contributed by atoms with Crippen LogP contribution in [0.2, 0.25) is 5.02 Å². The third-order valence-corrected chi connectivity index (χ3v) is 2.53. The molecular weight excluding hydrogens is 216 g/mol. The molecule has 0 aliphatic rings. The zero-order valence-electron chi connectivity index (χ0n) is 8.44. The highest BCUT2D eigenvalue weighted by molar-refractivity contribution is 6.31.